The molecule has 1 atom stereocenters. The lowest BCUT2D eigenvalue weighted by molar-refractivity contribution is 0.0530. The van der Waals surface area contributed by atoms with E-state index in [1.807, 2.05) is 54.6 Å². The molecule has 1 unspecified atom stereocenters. The van der Waals surface area contributed by atoms with Crippen LogP contribution >= 0.6 is 12.4 Å². The molecule has 1 aliphatic rings. The topological polar surface area (TPSA) is 41.6 Å². The summed E-state index contributed by atoms with van der Waals surface area (Å²) >= 11 is 0. The fraction of sp³-hybridized carbons (Fsp3) is 0.316. The average Bonchev–Trinajstić information content (AvgIpc) is 2.85. The van der Waals surface area contributed by atoms with Crippen LogP contribution in [0.15, 0.2) is 54.6 Å². The second-order valence-corrected chi connectivity index (χ2v) is 5.93. The van der Waals surface area contributed by atoms with Crippen molar-refractivity contribution in [2.24, 2.45) is 0 Å². The van der Waals surface area contributed by atoms with Crippen molar-refractivity contribution in [2.45, 2.75) is 26.1 Å². The van der Waals surface area contributed by atoms with Gasteiger partial charge in [0.15, 0.2) is 6.23 Å². The van der Waals surface area contributed by atoms with E-state index >= 15 is 0 Å². The molecule has 0 fully saturated rings. The highest BCUT2D eigenvalue weighted by atomic mass is 35.5. The van der Waals surface area contributed by atoms with Gasteiger partial charge in [0.1, 0.15) is 0 Å². The van der Waals surface area contributed by atoms with Crippen LogP contribution in [0.3, 0.4) is 0 Å². The number of carbonyl (C=O) groups excluding carboxylic acids is 1. The summed E-state index contributed by atoms with van der Waals surface area (Å²) in [6.45, 7) is 5.51. The van der Waals surface area contributed by atoms with Gasteiger partial charge in [-0.15, -0.1) is 12.4 Å². The van der Waals surface area contributed by atoms with Crippen LogP contribution in [-0.2, 0) is 4.74 Å². The molecule has 0 saturated carbocycles. The van der Waals surface area contributed by atoms with Gasteiger partial charge in [0.2, 0.25) is 0 Å². The zero-order valence-electron chi connectivity index (χ0n) is 13.9. The molecule has 0 saturated heterocycles. The summed E-state index contributed by atoms with van der Waals surface area (Å²) in [5, 5.41) is 3.33. The van der Waals surface area contributed by atoms with Crippen LogP contribution in [0.1, 0.15) is 36.0 Å². The maximum Gasteiger partial charge on any atom is 0.261 e. The van der Waals surface area contributed by atoms with E-state index in [1.165, 1.54) is 0 Å². The maximum atomic E-state index is 12.8. The van der Waals surface area contributed by atoms with Crippen LogP contribution in [0.5, 0.6) is 0 Å². The first kappa shape index (κ1) is 18.5. The minimum Gasteiger partial charge on any atom is -0.352 e. The molecular formula is C19H23ClN2O2. The van der Waals surface area contributed by atoms with Crippen LogP contribution in [0.4, 0.5) is 5.69 Å². The number of ether oxygens (including phenoxy) is 1. The molecule has 0 spiro atoms. The largest absolute Gasteiger partial charge is 0.352 e. The molecule has 1 heterocycles. The predicted octanol–water partition coefficient (Wildman–Crippen LogP) is 3.78. The lowest BCUT2D eigenvalue weighted by Gasteiger charge is -2.25. The predicted molar refractivity (Wildman–Crippen MR) is 98.8 cm³/mol. The number of carbonyl (C=O) groups is 1. The molecule has 1 N–H and O–H groups in total. The van der Waals surface area contributed by atoms with Crippen LogP contribution in [0.2, 0.25) is 0 Å². The van der Waals surface area contributed by atoms with E-state index in [0.717, 1.165) is 23.4 Å². The van der Waals surface area contributed by atoms with Crippen LogP contribution in [-0.4, -0.2) is 25.1 Å². The SMILES string of the molecule is CC(C)NCCOC1c2ccccc2C(=O)N1c1ccccc1.Cl. The number of rotatable bonds is 6. The third-order valence-corrected chi connectivity index (χ3v) is 3.88. The average molecular weight is 347 g/mol. The lowest BCUT2D eigenvalue weighted by atomic mass is 10.1. The minimum atomic E-state index is -0.366. The molecule has 1 amide bonds. The molecule has 2 aromatic carbocycles. The molecule has 0 aromatic heterocycles. The van der Waals surface area contributed by atoms with E-state index in [-0.39, 0.29) is 24.5 Å². The molecule has 2 aromatic rings. The van der Waals surface area contributed by atoms with Gasteiger partial charge in [-0.05, 0) is 18.2 Å². The molecule has 0 radical (unpaired) electrons. The van der Waals surface area contributed by atoms with Crippen molar-refractivity contribution in [3.63, 3.8) is 0 Å². The fourth-order valence-electron chi connectivity index (χ4n) is 2.81. The number of amides is 1. The van der Waals surface area contributed by atoms with Gasteiger partial charge >= 0.3 is 0 Å². The molecule has 1 aliphatic heterocycles. The zero-order chi connectivity index (χ0) is 16.2. The molecule has 128 valence electrons. The summed E-state index contributed by atoms with van der Waals surface area (Å²) in [6, 6.07) is 17.8. The van der Waals surface area contributed by atoms with Crippen molar-refractivity contribution in [1.29, 1.82) is 0 Å². The molecule has 4 nitrogen and oxygen atoms in total. The van der Waals surface area contributed by atoms with E-state index in [0.29, 0.717) is 12.6 Å². The number of benzene rings is 2. The van der Waals surface area contributed by atoms with Crippen molar-refractivity contribution in [3.05, 3.63) is 65.7 Å². The van der Waals surface area contributed by atoms with Gasteiger partial charge in [-0.25, -0.2) is 0 Å². The first-order chi connectivity index (χ1) is 11.2. The van der Waals surface area contributed by atoms with Gasteiger partial charge in [0.05, 0.1) is 6.61 Å². The number of hydrogen-bond donors (Lipinski definition) is 1. The smallest absolute Gasteiger partial charge is 0.261 e. The summed E-state index contributed by atoms with van der Waals surface area (Å²) in [6.07, 6.45) is -0.366. The Kier molecular flexibility index (Phi) is 6.37. The second kappa shape index (κ2) is 8.29. The number of halogens is 1. The van der Waals surface area contributed by atoms with Gasteiger partial charge < -0.3 is 10.1 Å². The Morgan fingerprint density at radius 2 is 1.75 bits per heavy atom. The monoisotopic (exact) mass is 346 g/mol. The standard InChI is InChI=1S/C19H22N2O2.ClH/c1-14(2)20-12-13-23-19-17-11-7-6-10-16(17)18(22)21(19)15-8-4-3-5-9-15;/h3-11,14,19-20H,12-13H2,1-2H3;1H. The third-order valence-electron chi connectivity index (χ3n) is 3.88. The van der Waals surface area contributed by atoms with Gasteiger partial charge in [0.25, 0.3) is 5.91 Å². The molecular weight excluding hydrogens is 324 g/mol. The minimum absolute atomic E-state index is 0. The Labute approximate surface area is 149 Å². The van der Waals surface area contributed by atoms with E-state index in [2.05, 4.69) is 19.2 Å². The molecule has 0 bridgehead atoms. The second-order valence-electron chi connectivity index (χ2n) is 5.93. The number of hydrogen-bond acceptors (Lipinski definition) is 3. The first-order valence-electron chi connectivity index (χ1n) is 8.01. The first-order valence-corrected chi connectivity index (χ1v) is 8.01. The number of nitrogens with zero attached hydrogens (tertiary/aromatic N) is 1. The van der Waals surface area contributed by atoms with Crippen LogP contribution in [0, 0.1) is 0 Å². The Balaban J connectivity index is 0.00000208. The van der Waals surface area contributed by atoms with Crippen molar-refractivity contribution in [2.75, 3.05) is 18.1 Å². The summed E-state index contributed by atoms with van der Waals surface area (Å²) < 4.78 is 6.06. The number of anilines is 1. The summed E-state index contributed by atoms with van der Waals surface area (Å²) in [5.74, 6) is -0.00591. The highest BCUT2D eigenvalue weighted by molar-refractivity contribution is 6.10. The summed E-state index contributed by atoms with van der Waals surface area (Å²) in [5.41, 5.74) is 2.51. The van der Waals surface area contributed by atoms with E-state index in [1.54, 1.807) is 4.90 Å². The van der Waals surface area contributed by atoms with Crippen molar-refractivity contribution < 1.29 is 9.53 Å². The Hall–Kier alpha value is -1.88. The van der Waals surface area contributed by atoms with Gasteiger partial charge in [0, 0.05) is 29.4 Å². The maximum absolute atomic E-state index is 12.8. The van der Waals surface area contributed by atoms with E-state index in [4.69, 9.17) is 4.74 Å². The van der Waals surface area contributed by atoms with E-state index in [9.17, 15) is 4.79 Å². The molecule has 24 heavy (non-hydrogen) atoms. The van der Waals surface area contributed by atoms with E-state index < -0.39 is 0 Å². The summed E-state index contributed by atoms with van der Waals surface area (Å²) in [4.78, 5) is 14.5. The zero-order valence-corrected chi connectivity index (χ0v) is 14.8. The van der Waals surface area contributed by atoms with Crippen molar-refractivity contribution in [1.82, 2.24) is 5.32 Å². The molecule has 5 heteroatoms. The Morgan fingerprint density at radius 3 is 2.46 bits per heavy atom. The van der Waals surface area contributed by atoms with Gasteiger partial charge in [-0.3, -0.25) is 9.69 Å². The highest BCUT2D eigenvalue weighted by Gasteiger charge is 2.38. The fourth-order valence-corrected chi connectivity index (χ4v) is 2.81. The third kappa shape index (κ3) is 3.78. The molecule has 3 rings (SSSR count). The number of nitrogens with one attached hydrogen (secondary N) is 1. The highest BCUT2D eigenvalue weighted by Crippen LogP contribution is 2.37. The van der Waals surface area contributed by atoms with Gasteiger partial charge in [-0.2, -0.15) is 0 Å². The van der Waals surface area contributed by atoms with Crippen LogP contribution in [0.25, 0.3) is 0 Å². The normalized spacial score (nSPS) is 16.2. The summed E-state index contributed by atoms with van der Waals surface area (Å²) in [7, 11) is 0. The van der Waals surface area contributed by atoms with Gasteiger partial charge in [-0.1, -0.05) is 50.2 Å². The molecule has 0 aliphatic carbocycles. The number of para-hydroxylation sites is 1. The number of fused-ring (bicyclic) bond motifs is 1. The Bertz CT molecular complexity index is 676. The Morgan fingerprint density at radius 1 is 1.08 bits per heavy atom. The van der Waals surface area contributed by atoms with Crippen LogP contribution < -0.4 is 10.2 Å². The van der Waals surface area contributed by atoms with Crippen molar-refractivity contribution >= 4 is 24.0 Å². The quantitative estimate of drug-likeness (QED) is 0.809. The lowest BCUT2D eigenvalue weighted by Crippen LogP contribution is -2.32. The van der Waals surface area contributed by atoms with Crippen molar-refractivity contribution in [3.8, 4) is 0 Å².